The molecule has 0 saturated carbocycles. The second-order valence-electron chi connectivity index (χ2n) is 6.29. The molecule has 10 heteroatoms. The van der Waals surface area contributed by atoms with Crippen molar-refractivity contribution in [3.05, 3.63) is 48.0 Å². The van der Waals surface area contributed by atoms with E-state index in [4.69, 9.17) is 4.42 Å². The van der Waals surface area contributed by atoms with E-state index in [1.807, 2.05) is 0 Å². The first-order chi connectivity index (χ1) is 13.2. The molecule has 28 heavy (non-hydrogen) atoms. The van der Waals surface area contributed by atoms with Gasteiger partial charge in [-0.25, -0.2) is 4.98 Å². The minimum absolute atomic E-state index is 0.0305. The lowest BCUT2D eigenvalue weighted by molar-refractivity contribution is -0.137. The summed E-state index contributed by atoms with van der Waals surface area (Å²) in [6, 6.07) is 4.33. The number of nitrogens with one attached hydrogen (secondary N) is 3. The lowest BCUT2D eigenvalue weighted by Gasteiger charge is -2.21. The van der Waals surface area contributed by atoms with Gasteiger partial charge in [-0.05, 0) is 30.2 Å². The van der Waals surface area contributed by atoms with Crippen LogP contribution < -0.4 is 16.0 Å². The Hall–Kier alpha value is -3.04. The molecule has 0 aromatic carbocycles. The zero-order chi connectivity index (χ0) is 20.7. The number of alkyl halides is 3. The van der Waals surface area contributed by atoms with Crippen LogP contribution in [0, 0.1) is 5.92 Å². The highest BCUT2D eigenvalue weighted by Crippen LogP contribution is 2.33. The predicted molar refractivity (Wildman–Crippen MR) is 95.5 cm³/mol. The molecule has 152 valence electrons. The Kier molecular flexibility index (Phi) is 7.02. The van der Waals surface area contributed by atoms with Crippen LogP contribution in [0.25, 0.3) is 0 Å². The van der Waals surface area contributed by atoms with E-state index in [2.05, 4.69) is 20.9 Å². The van der Waals surface area contributed by atoms with Crippen molar-refractivity contribution in [1.82, 2.24) is 15.6 Å². The van der Waals surface area contributed by atoms with Crippen LogP contribution in [-0.4, -0.2) is 35.9 Å². The first kappa shape index (κ1) is 21.3. The van der Waals surface area contributed by atoms with Crippen molar-refractivity contribution in [2.45, 2.75) is 26.1 Å². The largest absolute Gasteiger partial charge is 0.459 e. The summed E-state index contributed by atoms with van der Waals surface area (Å²) in [4.78, 5) is 28.1. The molecular weight excluding hydrogens is 377 g/mol. The molecule has 0 fully saturated rings. The second-order valence-corrected chi connectivity index (χ2v) is 6.29. The molecule has 0 radical (unpaired) electrons. The summed E-state index contributed by atoms with van der Waals surface area (Å²) in [6.45, 7) is 3.60. The molecular formula is C18H21F3N4O3. The quantitative estimate of drug-likeness (QED) is 0.594. The van der Waals surface area contributed by atoms with E-state index in [9.17, 15) is 22.8 Å². The molecule has 1 unspecified atom stereocenters. The summed E-state index contributed by atoms with van der Waals surface area (Å²) in [6.07, 6.45) is -1.94. The average molecular weight is 398 g/mol. The van der Waals surface area contributed by atoms with Crippen molar-refractivity contribution in [2.24, 2.45) is 5.92 Å². The summed E-state index contributed by atoms with van der Waals surface area (Å²) in [5.74, 6) is -1.42. The number of amides is 2. The molecule has 2 heterocycles. The number of hydrogen-bond donors (Lipinski definition) is 3. The van der Waals surface area contributed by atoms with Crippen molar-refractivity contribution in [3.8, 4) is 0 Å². The van der Waals surface area contributed by atoms with Crippen molar-refractivity contribution in [2.75, 3.05) is 18.4 Å². The number of rotatable bonds is 8. The highest BCUT2D eigenvalue weighted by Gasteiger charge is 2.34. The number of carbonyl (C=O) groups excluding carboxylic acids is 2. The van der Waals surface area contributed by atoms with Crippen LogP contribution in [-0.2, 0) is 11.0 Å². The Labute approximate surface area is 159 Å². The molecule has 3 N–H and O–H groups in total. The number of aromatic nitrogens is 1. The summed E-state index contributed by atoms with van der Waals surface area (Å²) in [5, 5.41) is 7.73. The Balaban J connectivity index is 1.87. The minimum atomic E-state index is -4.53. The molecule has 0 aliphatic carbocycles. The molecule has 2 aromatic heterocycles. The fourth-order valence-electron chi connectivity index (χ4n) is 2.41. The fraction of sp³-hybridized carbons (Fsp3) is 0.389. The maximum Gasteiger partial charge on any atom is 0.419 e. The lowest BCUT2D eigenvalue weighted by atomic mass is 10.0. The van der Waals surface area contributed by atoms with Gasteiger partial charge in [0, 0.05) is 19.3 Å². The minimum Gasteiger partial charge on any atom is -0.459 e. The van der Waals surface area contributed by atoms with Gasteiger partial charge >= 0.3 is 6.18 Å². The van der Waals surface area contributed by atoms with Crippen molar-refractivity contribution >= 4 is 17.6 Å². The normalized spacial score (nSPS) is 12.5. The third-order valence-electron chi connectivity index (χ3n) is 3.81. The monoisotopic (exact) mass is 398 g/mol. The topological polar surface area (TPSA) is 96.3 Å². The van der Waals surface area contributed by atoms with Crippen LogP contribution >= 0.6 is 0 Å². The number of pyridine rings is 1. The maximum absolute atomic E-state index is 12.9. The molecule has 0 saturated heterocycles. The smallest absolute Gasteiger partial charge is 0.419 e. The van der Waals surface area contributed by atoms with Gasteiger partial charge in [-0.3, -0.25) is 9.59 Å². The standard InChI is InChI=1S/C18H21F3N4O3/c1-11(2)14(25-16(26)13-6-4-10-28-13)17(27)24-9-8-23-15-12(18(19,20)21)5-3-7-22-15/h3-7,10-11,14H,8-9H2,1-2H3,(H,22,23)(H,24,27)(H,25,26). The van der Waals surface area contributed by atoms with Crippen molar-refractivity contribution < 1.29 is 27.2 Å². The number of anilines is 1. The zero-order valence-corrected chi connectivity index (χ0v) is 15.3. The van der Waals surface area contributed by atoms with Crippen LogP contribution in [0.1, 0.15) is 30.0 Å². The van der Waals surface area contributed by atoms with Crippen LogP contribution in [0.15, 0.2) is 41.1 Å². The van der Waals surface area contributed by atoms with Gasteiger partial charge in [-0.2, -0.15) is 13.2 Å². The van der Waals surface area contributed by atoms with Gasteiger partial charge < -0.3 is 20.4 Å². The van der Waals surface area contributed by atoms with Crippen LogP contribution in [0.2, 0.25) is 0 Å². The van der Waals surface area contributed by atoms with Gasteiger partial charge in [-0.1, -0.05) is 13.8 Å². The number of hydrogen-bond acceptors (Lipinski definition) is 5. The van der Waals surface area contributed by atoms with Gasteiger partial charge in [0.2, 0.25) is 5.91 Å². The SMILES string of the molecule is CC(C)C(NC(=O)c1ccco1)C(=O)NCCNc1ncccc1C(F)(F)F. The average Bonchev–Trinajstić information content (AvgIpc) is 3.17. The Morgan fingerprint density at radius 3 is 2.54 bits per heavy atom. The molecule has 2 amide bonds. The zero-order valence-electron chi connectivity index (χ0n) is 15.3. The molecule has 2 rings (SSSR count). The first-order valence-corrected chi connectivity index (χ1v) is 8.58. The van der Waals surface area contributed by atoms with E-state index in [1.165, 1.54) is 24.6 Å². The van der Waals surface area contributed by atoms with E-state index >= 15 is 0 Å². The molecule has 1 atom stereocenters. The van der Waals surface area contributed by atoms with Crippen molar-refractivity contribution in [3.63, 3.8) is 0 Å². The number of nitrogens with zero attached hydrogens (tertiary/aromatic N) is 1. The summed E-state index contributed by atoms with van der Waals surface area (Å²) >= 11 is 0. The van der Waals surface area contributed by atoms with Gasteiger partial charge in [0.05, 0.1) is 11.8 Å². The second kappa shape index (κ2) is 9.25. The Bertz CT molecular complexity index is 792. The van der Waals surface area contributed by atoms with Crippen molar-refractivity contribution in [1.29, 1.82) is 0 Å². The molecule has 7 nitrogen and oxygen atoms in total. The van der Waals surface area contributed by atoms with E-state index in [1.54, 1.807) is 19.9 Å². The predicted octanol–water partition coefficient (Wildman–Crippen LogP) is 2.68. The lowest BCUT2D eigenvalue weighted by Crippen LogP contribution is -2.50. The van der Waals surface area contributed by atoms with Gasteiger partial charge in [0.15, 0.2) is 5.76 Å². The van der Waals surface area contributed by atoms with Gasteiger partial charge in [-0.15, -0.1) is 0 Å². The van der Waals surface area contributed by atoms with Gasteiger partial charge in [0.1, 0.15) is 11.9 Å². The number of halogens is 3. The molecule has 2 aromatic rings. The molecule has 0 bridgehead atoms. The maximum atomic E-state index is 12.9. The Morgan fingerprint density at radius 2 is 1.93 bits per heavy atom. The third kappa shape index (κ3) is 5.73. The summed E-state index contributed by atoms with van der Waals surface area (Å²) in [5.41, 5.74) is -0.882. The number of carbonyl (C=O) groups is 2. The summed E-state index contributed by atoms with van der Waals surface area (Å²) in [7, 11) is 0. The molecule has 0 aliphatic rings. The molecule has 0 spiro atoms. The van der Waals surface area contributed by atoms with Crippen LogP contribution in [0.5, 0.6) is 0 Å². The van der Waals surface area contributed by atoms with E-state index in [0.29, 0.717) is 0 Å². The van der Waals surface area contributed by atoms with E-state index in [0.717, 1.165) is 6.07 Å². The Morgan fingerprint density at radius 1 is 1.18 bits per heavy atom. The number of furan rings is 1. The first-order valence-electron chi connectivity index (χ1n) is 8.58. The highest BCUT2D eigenvalue weighted by atomic mass is 19.4. The van der Waals surface area contributed by atoms with E-state index < -0.39 is 29.6 Å². The van der Waals surface area contributed by atoms with Crippen LogP contribution in [0.3, 0.4) is 0 Å². The molecule has 0 aliphatic heterocycles. The van der Waals surface area contributed by atoms with E-state index in [-0.39, 0.29) is 30.6 Å². The highest BCUT2D eigenvalue weighted by molar-refractivity contribution is 5.95. The van der Waals surface area contributed by atoms with Crippen LogP contribution in [0.4, 0.5) is 19.0 Å². The fourth-order valence-corrected chi connectivity index (χ4v) is 2.41. The van der Waals surface area contributed by atoms with Gasteiger partial charge in [0.25, 0.3) is 5.91 Å². The summed E-state index contributed by atoms with van der Waals surface area (Å²) < 4.78 is 43.8. The third-order valence-corrected chi connectivity index (χ3v) is 3.81.